The molecule has 0 bridgehead atoms. The molecule has 0 aliphatic heterocycles. The van der Waals surface area contributed by atoms with Crippen LogP contribution in [-0.2, 0) is 6.54 Å². The van der Waals surface area contributed by atoms with Crippen LogP contribution in [0.15, 0.2) is 78.9 Å². The van der Waals surface area contributed by atoms with Crippen LogP contribution in [0.2, 0.25) is 0 Å². The van der Waals surface area contributed by atoms with Gasteiger partial charge in [0.05, 0.1) is 0 Å². The highest BCUT2D eigenvalue weighted by Gasteiger charge is 2.07. The van der Waals surface area contributed by atoms with Crippen LogP contribution in [0, 0.1) is 6.92 Å². The summed E-state index contributed by atoms with van der Waals surface area (Å²) in [6.45, 7) is 2.41. The molecule has 2 amide bonds. The van der Waals surface area contributed by atoms with E-state index in [1.807, 2.05) is 61.5 Å². The number of aryl methyl sites for hydroxylation is 1. The van der Waals surface area contributed by atoms with E-state index in [0.29, 0.717) is 17.7 Å². The van der Waals surface area contributed by atoms with Gasteiger partial charge in [0.2, 0.25) is 0 Å². The number of hydrogen-bond donors (Lipinski definition) is 2. The van der Waals surface area contributed by atoms with Crippen molar-refractivity contribution in [2.75, 3.05) is 5.32 Å². The normalized spacial score (nSPS) is 10.2. The Morgan fingerprint density at radius 1 is 0.731 bits per heavy atom. The summed E-state index contributed by atoms with van der Waals surface area (Å²) in [5, 5.41) is 5.74. The van der Waals surface area contributed by atoms with E-state index in [9.17, 15) is 9.59 Å². The summed E-state index contributed by atoms with van der Waals surface area (Å²) < 4.78 is 0. The fourth-order valence-corrected chi connectivity index (χ4v) is 2.49. The second-order valence-corrected chi connectivity index (χ2v) is 6.07. The molecule has 130 valence electrons. The molecule has 3 aromatic rings. The van der Waals surface area contributed by atoms with E-state index in [1.54, 1.807) is 24.3 Å². The van der Waals surface area contributed by atoms with Crippen molar-refractivity contribution in [2.24, 2.45) is 0 Å². The van der Waals surface area contributed by atoms with Crippen molar-refractivity contribution in [3.63, 3.8) is 0 Å². The lowest BCUT2D eigenvalue weighted by Gasteiger charge is -2.08. The van der Waals surface area contributed by atoms with Crippen LogP contribution in [0.5, 0.6) is 0 Å². The van der Waals surface area contributed by atoms with Gasteiger partial charge in [0, 0.05) is 23.4 Å². The first-order valence-electron chi connectivity index (χ1n) is 8.42. The molecule has 4 heteroatoms. The number of benzene rings is 3. The molecule has 2 N–H and O–H groups in total. The van der Waals surface area contributed by atoms with Gasteiger partial charge >= 0.3 is 0 Å². The van der Waals surface area contributed by atoms with E-state index >= 15 is 0 Å². The first kappa shape index (κ1) is 17.4. The number of anilines is 1. The Morgan fingerprint density at radius 2 is 1.35 bits per heavy atom. The number of amides is 2. The predicted octanol–water partition coefficient (Wildman–Crippen LogP) is 4.18. The Bertz CT molecular complexity index is 886. The molecule has 0 heterocycles. The standard InChI is InChI=1S/C22H20N2O2/c1-16-7-13-20(14-8-16)24-22(26)19-11-9-17(10-12-19)15-23-21(25)18-5-3-2-4-6-18/h2-14H,15H2,1H3,(H,23,25)(H,24,26). The topological polar surface area (TPSA) is 58.2 Å². The summed E-state index contributed by atoms with van der Waals surface area (Å²) in [4.78, 5) is 24.3. The van der Waals surface area contributed by atoms with Crippen LogP contribution in [0.3, 0.4) is 0 Å². The Morgan fingerprint density at radius 3 is 2.00 bits per heavy atom. The van der Waals surface area contributed by atoms with Crippen LogP contribution in [-0.4, -0.2) is 11.8 Å². The number of hydrogen-bond acceptors (Lipinski definition) is 2. The van der Waals surface area contributed by atoms with Gasteiger partial charge in [-0.1, -0.05) is 48.0 Å². The molecule has 0 saturated carbocycles. The van der Waals surface area contributed by atoms with Gasteiger partial charge in [0.1, 0.15) is 0 Å². The Balaban J connectivity index is 1.57. The molecule has 0 saturated heterocycles. The average molecular weight is 344 g/mol. The molecule has 0 aliphatic rings. The molecule has 0 aliphatic carbocycles. The maximum Gasteiger partial charge on any atom is 0.255 e. The Kier molecular flexibility index (Phi) is 5.44. The second kappa shape index (κ2) is 8.12. The number of rotatable bonds is 5. The van der Waals surface area contributed by atoms with Crippen LogP contribution >= 0.6 is 0 Å². The number of carbonyl (C=O) groups is 2. The molecular formula is C22H20N2O2. The fraction of sp³-hybridized carbons (Fsp3) is 0.0909. The van der Waals surface area contributed by atoms with Crippen LogP contribution in [0.4, 0.5) is 5.69 Å². The molecule has 0 spiro atoms. The smallest absolute Gasteiger partial charge is 0.255 e. The predicted molar refractivity (Wildman–Crippen MR) is 103 cm³/mol. The average Bonchev–Trinajstić information content (AvgIpc) is 2.69. The highest BCUT2D eigenvalue weighted by atomic mass is 16.2. The highest BCUT2D eigenvalue weighted by molar-refractivity contribution is 6.04. The van der Waals surface area contributed by atoms with E-state index in [4.69, 9.17) is 0 Å². The molecule has 0 aromatic heterocycles. The quantitative estimate of drug-likeness (QED) is 0.729. The minimum Gasteiger partial charge on any atom is -0.348 e. The van der Waals surface area contributed by atoms with Gasteiger partial charge in [0.15, 0.2) is 0 Å². The molecule has 0 unspecified atom stereocenters. The van der Waals surface area contributed by atoms with Crippen molar-refractivity contribution in [3.05, 3.63) is 101 Å². The Labute approximate surface area is 152 Å². The molecule has 3 rings (SSSR count). The van der Waals surface area contributed by atoms with Gasteiger partial charge in [-0.25, -0.2) is 0 Å². The van der Waals surface area contributed by atoms with E-state index < -0.39 is 0 Å². The van der Waals surface area contributed by atoms with Crippen molar-refractivity contribution in [2.45, 2.75) is 13.5 Å². The molecule has 3 aromatic carbocycles. The van der Waals surface area contributed by atoms with Crippen molar-refractivity contribution in [1.29, 1.82) is 0 Å². The van der Waals surface area contributed by atoms with Crippen molar-refractivity contribution in [3.8, 4) is 0 Å². The van der Waals surface area contributed by atoms with E-state index in [0.717, 1.165) is 16.8 Å². The Hall–Kier alpha value is -3.40. The summed E-state index contributed by atoms with van der Waals surface area (Å²) in [6.07, 6.45) is 0. The van der Waals surface area contributed by atoms with Gasteiger partial charge in [-0.15, -0.1) is 0 Å². The van der Waals surface area contributed by atoms with Crippen molar-refractivity contribution >= 4 is 17.5 Å². The highest BCUT2D eigenvalue weighted by Crippen LogP contribution is 2.12. The summed E-state index contributed by atoms with van der Waals surface area (Å²) in [5.41, 5.74) is 4.04. The van der Waals surface area contributed by atoms with Gasteiger partial charge in [0.25, 0.3) is 11.8 Å². The minimum absolute atomic E-state index is 0.119. The van der Waals surface area contributed by atoms with Gasteiger partial charge < -0.3 is 10.6 Å². The number of carbonyl (C=O) groups excluding carboxylic acids is 2. The lowest BCUT2D eigenvalue weighted by molar-refractivity contribution is 0.0950. The van der Waals surface area contributed by atoms with E-state index in [-0.39, 0.29) is 11.8 Å². The monoisotopic (exact) mass is 344 g/mol. The molecule has 0 fully saturated rings. The van der Waals surface area contributed by atoms with Crippen molar-refractivity contribution < 1.29 is 9.59 Å². The third-order valence-electron chi connectivity index (χ3n) is 4.01. The first-order chi connectivity index (χ1) is 12.6. The van der Waals surface area contributed by atoms with Gasteiger partial charge in [-0.2, -0.15) is 0 Å². The minimum atomic E-state index is -0.159. The zero-order chi connectivity index (χ0) is 18.4. The van der Waals surface area contributed by atoms with Crippen molar-refractivity contribution in [1.82, 2.24) is 5.32 Å². The molecule has 26 heavy (non-hydrogen) atoms. The summed E-state index contributed by atoms with van der Waals surface area (Å²) in [6, 6.07) is 23.9. The van der Waals surface area contributed by atoms with Crippen LogP contribution in [0.25, 0.3) is 0 Å². The molecule has 0 atom stereocenters. The van der Waals surface area contributed by atoms with E-state index in [1.165, 1.54) is 0 Å². The lowest BCUT2D eigenvalue weighted by Crippen LogP contribution is -2.22. The number of nitrogens with one attached hydrogen (secondary N) is 2. The van der Waals surface area contributed by atoms with Gasteiger partial charge in [-0.05, 0) is 48.9 Å². The second-order valence-electron chi connectivity index (χ2n) is 6.07. The van der Waals surface area contributed by atoms with Crippen LogP contribution < -0.4 is 10.6 Å². The third-order valence-corrected chi connectivity index (χ3v) is 4.01. The third kappa shape index (κ3) is 4.57. The summed E-state index contributed by atoms with van der Waals surface area (Å²) >= 11 is 0. The molecule has 4 nitrogen and oxygen atoms in total. The largest absolute Gasteiger partial charge is 0.348 e. The maximum absolute atomic E-state index is 12.3. The fourth-order valence-electron chi connectivity index (χ4n) is 2.49. The summed E-state index contributed by atoms with van der Waals surface area (Å²) in [7, 11) is 0. The summed E-state index contributed by atoms with van der Waals surface area (Å²) in [5.74, 6) is -0.277. The first-order valence-corrected chi connectivity index (χ1v) is 8.42. The zero-order valence-corrected chi connectivity index (χ0v) is 14.5. The van der Waals surface area contributed by atoms with E-state index in [2.05, 4.69) is 10.6 Å². The lowest BCUT2D eigenvalue weighted by atomic mass is 10.1. The molecule has 0 radical (unpaired) electrons. The zero-order valence-electron chi connectivity index (χ0n) is 14.5. The SMILES string of the molecule is Cc1ccc(NC(=O)c2ccc(CNC(=O)c3ccccc3)cc2)cc1. The molecular weight excluding hydrogens is 324 g/mol. The maximum atomic E-state index is 12.3. The van der Waals surface area contributed by atoms with Gasteiger partial charge in [-0.3, -0.25) is 9.59 Å². The van der Waals surface area contributed by atoms with Crippen LogP contribution in [0.1, 0.15) is 31.8 Å².